The van der Waals surface area contributed by atoms with Crippen LogP contribution in [0.1, 0.15) is 5.56 Å². The first-order chi connectivity index (χ1) is 11.1. The number of carbonyl (C=O) groups is 2. The highest BCUT2D eigenvalue weighted by molar-refractivity contribution is 7.99. The summed E-state index contributed by atoms with van der Waals surface area (Å²) >= 11 is 1.21. The second-order valence-electron chi connectivity index (χ2n) is 4.61. The molecule has 3 N–H and O–H groups in total. The molecule has 0 aliphatic rings. The van der Waals surface area contributed by atoms with Gasteiger partial charge in [0, 0.05) is 0 Å². The van der Waals surface area contributed by atoms with Gasteiger partial charge in [0.2, 0.25) is 11.8 Å². The highest BCUT2D eigenvalue weighted by Crippen LogP contribution is 2.24. The number of nitrogens with zero attached hydrogens (tertiary/aromatic N) is 2. The minimum atomic E-state index is -0.327. The van der Waals surface area contributed by atoms with Crippen LogP contribution in [0.4, 0.5) is 5.69 Å². The predicted octanol–water partition coefficient (Wildman–Crippen LogP) is 0.969. The normalized spacial score (nSPS) is 10.2. The molecule has 122 valence electrons. The summed E-state index contributed by atoms with van der Waals surface area (Å²) in [7, 11) is 1.53. The molecule has 0 bridgehead atoms. The standard InChI is InChI=1S/C14H17N5O3S/c1-9-3-4-11(22-2)10(5-9)18-12(20)6-15-13(21)7-23-14-16-8-17-19-14/h3-5,8H,6-7H2,1-2H3,(H,15,21)(H,18,20)(H,16,17,19). The number of H-pyrrole nitrogens is 1. The second kappa shape index (κ2) is 8.18. The van der Waals surface area contributed by atoms with Crippen LogP contribution in [-0.2, 0) is 9.59 Å². The molecule has 0 saturated carbocycles. The zero-order valence-corrected chi connectivity index (χ0v) is 13.6. The highest BCUT2D eigenvalue weighted by atomic mass is 32.2. The Labute approximate surface area is 137 Å². The topological polar surface area (TPSA) is 109 Å². The van der Waals surface area contributed by atoms with Crippen molar-refractivity contribution in [2.75, 3.05) is 24.7 Å². The van der Waals surface area contributed by atoms with Crippen molar-refractivity contribution in [1.82, 2.24) is 20.5 Å². The number of aryl methyl sites for hydroxylation is 1. The summed E-state index contributed by atoms with van der Waals surface area (Å²) in [5, 5.41) is 12.1. The molecule has 0 atom stereocenters. The third kappa shape index (κ3) is 5.29. The number of benzene rings is 1. The second-order valence-corrected chi connectivity index (χ2v) is 5.57. The number of ether oxygens (including phenoxy) is 1. The minimum absolute atomic E-state index is 0.118. The average Bonchev–Trinajstić information content (AvgIpc) is 3.04. The zero-order valence-electron chi connectivity index (χ0n) is 12.8. The van der Waals surface area contributed by atoms with Crippen LogP contribution in [0.3, 0.4) is 0 Å². The van der Waals surface area contributed by atoms with E-state index >= 15 is 0 Å². The van der Waals surface area contributed by atoms with Crippen molar-refractivity contribution in [1.29, 1.82) is 0 Å². The van der Waals surface area contributed by atoms with E-state index in [1.807, 2.05) is 13.0 Å². The molecular formula is C14H17N5O3S. The molecule has 0 aliphatic carbocycles. The molecule has 0 saturated heterocycles. The number of amides is 2. The Morgan fingerprint density at radius 1 is 1.35 bits per heavy atom. The van der Waals surface area contributed by atoms with Gasteiger partial charge >= 0.3 is 0 Å². The molecule has 0 fully saturated rings. The zero-order chi connectivity index (χ0) is 16.7. The molecule has 2 amide bonds. The van der Waals surface area contributed by atoms with E-state index in [4.69, 9.17) is 4.74 Å². The Morgan fingerprint density at radius 3 is 2.87 bits per heavy atom. The number of methoxy groups -OCH3 is 1. The van der Waals surface area contributed by atoms with Crippen LogP contribution in [-0.4, -0.2) is 46.4 Å². The van der Waals surface area contributed by atoms with Crippen molar-refractivity contribution in [3.05, 3.63) is 30.1 Å². The van der Waals surface area contributed by atoms with Gasteiger partial charge in [-0.3, -0.25) is 14.7 Å². The summed E-state index contributed by atoms with van der Waals surface area (Å²) in [5.74, 6) is 0.122. The van der Waals surface area contributed by atoms with Crippen molar-refractivity contribution in [3.8, 4) is 5.75 Å². The molecule has 8 nitrogen and oxygen atoms in total. The fourth-order valence-electron chi connectivity index (χ4n) is 1.74. The molecular weight excluding hydrogens is 318 g/mol. The van der Waals surface area contributed by atoms with E-state index < -0.39 is 0 Å². The summed E-state index contributed by atoms with van der Waals surface area (Å²) in [6, 6.07) is 5.47. The molecule has 0 spiro atoms. The number of hydrogen-bond donors (Lipinski definition) is 3. The van der Waals surface area contributed by atoms with Gasteiger partial charge in [-0.2, -0.15) is 5.10 Å². The van der Waals surface area contributed by atoms with Gasteiger partial charge in [0.25, 0.3) is 0 Å². The summed E-state index contributed by atoms with van der Waals surface area (Å²) in [6.07, 6.45) is 1.36. The van der Waals surface area contributed by atoms with E-state index in [0.29, 0.717) is 16.6 Å². The van der Waals surface area contributed by atoms with Crippen LogP contribution in [0, 0.1) is 6.92 Å². The van der Waals surface area contributed by atoms with E-state index in [1.165, 1.54) is 25.2 Å². The minimum Gasteiger partial charge on any atom is -0.495 e. The largest absolute Gasteiger partial charge is 0.495 e. The number of carbonyl (C=O) groups excluding carboxylic acids is 2. The van der Waals surface area contributed by atoms with E-state index in [9.17, 15) is 9.59 Å². The van der Waals surface area contributed by atoms with Gasteiger partial charge in [-0.25, -0.2) is 4.98 Å². The van der Waals surface area contributed by atoms with Crippen LogP contribution in [0.5, 0.6) is 5.75 Å². The van der Waals surface area contributed by atoms with Crippen molar-refractivity contribution in [3.63, 3.8) is 0 Å². The lowest BCUT2D eigenvalue weighted by Crippen LogP contribution is -2.34. The molecule has 2 aromatic rings. The molecule has 9 heteroatoms. The maximum absolute atomic E-state index is 11.9. The number of nitrogens with one attached hydrogen (secondary N) is 3. The Balaban J connectivity index is 1.78. The summed E-state index contributed by atoms with van der Waals surface area (Å²) in [5.41, 5.74) is 1.57. The molecule has 23 heavy (non-hydrogen) atoms. The molecule has 1 aromatic heterocycles. The molecule has 1 heterocycles. The Kier molecular flexibility index (Phi) is 5.98. The Hall–Kier alpha value is -2.55. The van der Waals surface area contributed by atoms with Gasteiger partial charge in [0.15, 0.2) is 5.16 Å². The van der Waals surface area contributed by atoms with Gasteiger partial charge in [0.1, 0.15) is 12.1 Å². The van der Waals surface area contributed by atoms with E-state index in [1.54, 1.807) is 12.1 Å². The first-order valence-corrected chi connectivity index (χ1v) is 7.76. The number of hydrogen-bond acceptors (Lipinski definition) is 6. The Bertz CT molecular complexity index is 675. The molecule has 0 unspecified atom stereocenters. The first-order valence-electron chi connectivity index (χ1n) is 6.78. The summed E-state index contributed by atoms with van der Waals surface area (Å²) < 4.78 is 5.18. The maximum atomic E-state index is 11.9. The summed E-state index contributed by atoms with van der Waals surface area (Å²) in [6.45, 7) is 1.80. The maximum Gasteiger partial charge on any atom is 0.243 e. The third-order valence-corrected chi connectivity index (χ3v) is 3.68. The molecule has 0 radical (unpaired) electrons. The SMILES string of the molecule is COc1ccc(C)cc1NC(=O)CNC(=O)CSc1ncn[nH]1. The predicted molar refractivity (Wildman–Crippen MR) is 86.5 cm³/mol. The molecule has 2 rings (SSSR count). The van der Waals surface area contributed by atoms with Crippen LogP contribution in [0.25, 0.3) is 0 Å². The van der Waals surface area contributed by atoms with Gasteiger partial charge in [-0.1, -0.05) is 17.8 Å². The lowest BCUT2D eigenvalue weighted by Gasteiger charge is -2.11. The van der Waals surface area contributed by atoms with Gasteiger partial charge in [0.05, 0.1) is 25.1 Å². The number of thioether (sulfide) groups is 1. The lowest BCUT2D eigenvalue weighted by atomic mass is 10.2. The Morgan fingerprint density at radius 2 is 2.17 bits per heavy atom. The van der Waals surface area contributed by atoms with Crippen LogP contribution in [0.2, 0.25) is 0 Å². The fraction of sp³-hybridized carbons (Fsp3) is 0.286. The monoisotopic (exact) mass is 335 g/mol. The fourth-order valence-corrected chi connectivity index (χ4v) is 2.35. The van der Waals surface area contributed by atoms with Crippen LogP contribution < -0.4 is 15.4 Å². The third-order valence-electron chi connectivity index (χ3n) is 2.81. The van der Waals surface area contributed by atoms with Crippen LogP contribution in [0.15, 0.2) is 29.7 Å². The summed E-state index contributed by atoms with van der Waals surface area (Å²) in [4.78, 5) is 27.5. The van der Waals surface area contributed by atoms with E-state index in [-0.39, 0.29) is 24.1 Å². The van der Waals surface area contributed by atoms with Crippen molar-refractivity contribution in [2.24, 2.45) is 0 Å². The lowest BCUT2D eigenvalue weighted by molar-refractivity contribution is -0.122. The van der Waals surface area contributed by atoms with Gasteiger partial charge < -0.3 is 15.4 Å². The number of aromatic amines is 1. The molecule has 0 aliphatic heterocycles. The van der Waals surface area contributed by atoms with Crippen molar-refractivity contribution >= 4 is 29.3 Å². The average molecular weight is 335 g/mol. The van der Waals surface area contributed by atoms with Crippen molar-refractivity contribution < 1.29 is 14.3 Å². The first kappa shape index (κ1) is 16.8. The number of anilines is 1. The van der Waals surface area contributed by atoms with E-state index in [0.717, 1.165) is 5.56 Å². The van der Waals surface area contributed by atoms with Crippen molar-refractivity contribution in [2.45, 2.75) is 12.1 Å². The smallest absolute Gasteiger partial charge is 0.243 e. The quantitative estimate of drug-likeness (QED) is 0.651. The highest BCUT2D eigenvalue weighted by Gasteiger charge is 2.10. The van der Waals surface area contributed by atoms with Gasteiger partial charge in [-0.15, -0.1) is 0 Å². The number of rotatable bonds is 7. The number of aromatic nitrogens is 3. The van der Waals surface area contributed by atoms with Gasteiger partial charge in [-0.05, 0) is 24.6 Å². The van der Waals surface area contributed by atoms with Crippen LogP contribution >= 0.6 is 11.8 Å². The van der Waals surface area contributed by atoms with E-state index in [2.05, 4.69) is 25.8 Å². The molecule has 1 aromatic carbocycles.